The molecule has 10 nitrogen and oxygen atoms in total. The minimum atomic E-state index is -4.20. The topological polar surface area (TPSA) is 124 Å². The minimum Gasteiger partial charge on any atom is -0.497 e. The molecule has 1 N–H and O–H groups in total. The van der Waals surface area contributed by atoms with Crippen LogP contribution in [0.1, 0.15) is 40.2 Å². The van der Waals surface area contributed by atoms with Gasteiger partial charge >= 0.3 is 12.2 Å². The van der Waals surface area contributed by atoms with Crippen LogP contribution in [0.4, 0.5) is 9.59 Å². The van der Waals surface area contributed by atoms with E-state index in [0.717, 1.165) is 5.01 Å². The van der Waals surface area contributed by atoms with Gasteiger partial charge < -0.3 is 14.2 Å². The molecular weight excluding hydrogens is 474 g/mol. The zero-order valence-electron chi connectivity index (χ0n) is 20.6. The molecule has 2 aromatic rings. The summed E-state index contributed by atoms with van der Waals surface area (Å²) in [6.07, 6.45) is -2.76. The molecule has 2 rings (SSSR count). The Labute approximate surface area is 205 Å². The fourth-order valence-electron chi connectivity index (χ4n) is 2.93. The Morgan fingerprint density at radius 3 is 1.97 bits per heavy atom. The van der Waals surface area contributed by atoms with Crippen molar-refractivity contribution < 1.29 is 32.2 Å². The van der Waals surface area contributed by atoms with Crippen molar-refractivity contribution in [2.75, 3.05) is 7.11 Å². The molecule has 11 heteroatoms. The molecule has 0 saturated carbocycles. The summed E-state index contributed by atoms with van der Waals surface area (Å²) in [6.45, 7) is 8.11. The van der Waals surface area contributed by atoms with Crippen molar-refractivity contribution in [3.05, 3.63) is 60.2 Å². The first-order chi connectivity index (χ1) is 16.4. The molecule has 2 aromatic carbocycles. The van der Waals surface area contributed by atoms with Gasteiger partial charge in [-0.15, -0.1) is 0 Å². The van der Waals surface area contributed by atoms with Crippen LogP contribution in [0.5, 0.6) is 5.75 Å². The number of ether oxygens (including phenoxy) is 3. The van der Waals surface area contributed by atoms with Gasteiger partial charge in [0.1, 0.15) is 5.75 Å². The molecule has 0 heterocycles. The highest BCUT2D eigenvalue weighted by Crippen LogP contribution is 2.20. The van der Waals surface area contributed by atoms with Crippen LogP contribution in [0.25, 0.3) is 0 Å². The number of nitrogens with one attached hydrogen (secondary N) is 1. The Morgan fingerprint density at radius 1 is 0.886 bits per heavy atom. The lowest BCUT2D eigenvalue weighted by Crippen LogP contribution is -2.55. The molecule has 0 aliphatic heterocycles. The third-order valence-corrected chi connectivity index (χ3v) is 5.82. The van der Waals surface area contributed by atoms with Crippen LogP contribution in [0, 0.1) is 0 Å². The van der Waals surface area contributed by atoms with Gasteiger partial charge in [-0.1, -0.05) is 30.3 Å². The average molecular weight is 506 g/mol. The van der Waals surface area contributed by atoms with E-state index in [1.165, 1.54) is 38.3 Å². The molecule has 0 radical (unpaired) electrons. The normalized spacial score (nSPS) is 12.7. The summed E-state index contributed by atoms with van der Waals surface area (Å²) < 4.78 is 45.9. The van der Waals surface area contributed by atoms with E-state index in [1.807, 2.05) is 0 Å². The maximum atomic E-state index is 13.2. The highest BCUT2D eigenvalue weighted by molar-refractivity contribution is 7.90. The number of carbonyl (C=O) groups excluding carboxylic acids is 2. The van der Waals surface area contributed by atoms with Gasteiger partial charge in [-0.2, -0.15) is 12.8 Å². The van der Waals surface area contributed by atoms with Gasteiger partial charge in [0, 0.05) is 0 Å². The summed E-state index contributed by atoms with van der Waals surface area (Å²) >= 11 is 0. The number of rotatable bonds is 8. The van der Waals surface area contributed by atoms with Gasteiger partial charge in [-0.05, 0) is 64.4 Å². The number of nitrogens with zero attached hydrogens (tertiary/aromatic N) is 2. The minimum absolute atomic E-state index is 0.00645. The molecule has 0 aliphatic carbocycles. The van der Waals surface area contributed by atoms with Gasteiger partial charge in [0.15, 0.2) is 0 Å². The molecular formula is C24H31N3O7S. The summed E-state index contributed by atoms with van der Waals surface area (Å²) in [5.74, 6) is 0.486. The molecule has 0 bridgehead atoms. The van der Waals surface area contributed by atoms with E-state index in [-0.39, 0.29) is 10.6 Å². The molecule has 0 aromatic heterocycles. The van der Waals surface area contributed by atoms with E-state index in [9.17, 15) is 18.0 Å². The summed E-state index contributed by atoms with van der Waals surface area (Å²) in [5, 5.41) is 0.861. The van der Waals surface area contributed by atoms with Gasteiger partial charge in [0.25, 0.3) is 10.0 Å². The van der Waals surface area contributed by atoms with Crippen molar-refractivity contribution in [3.8, 4) is 5.75 Å². The first-order valence-electron chi connectivity index (χ1n) is 11.0. The van der Waals surface area contributed by atoms with Crippen LogP contribution < -0.4 is 10.2 Å². The van der Waals surface area contributed by atoms with Gasteiger partial charge in [-0.3, -0.25) is 0 Å². The largest absolute Gasteiger partial charge is 0.497 e. The van der Waals surface area contributed by atoms with Crippen LogP contribution in [-0.4, -0.2) is 56.7 Å². The van der Waals surface area contributed by atoms with Crippen molar-refractivity contribution in [1.82, 2.24) is 10.4 Å². The lowest BCUT2D eigenvalue weighted by Gasteiger charge is -2.30. The van der Waals surface area contributed by atoms with Crippen molar-refractivity contribution in [1.29, 1.82) is 0 Å². The van der Waals surface area contributed by atoms with Crippen molar-refractivity contribution >= 4 is 27.9 Å². The summed E-state index contributed by atoms with van der Waals surface area (Å²) in [4.78, 5) is 25.1. The molecule has 0 fully saturated rings. The zero-order chi connectivity index (χ0) is 26.2. The number of carbonyl (C=O) groups is 2. The molecule has 2 amide bonds. The predicted octanol–water partition coefficient (Wildman–Crippen LogP) is 4.16. The van der Waals surface area contributed by atoms with Crippen LogP contribution in [-0.2, 0) is 19.5 Å². The molecule has 190 valence electrons. The summed E-state index contributed by atoms with van der Waals surface area (Å²) in [5.41, 5.74) is 2.79. The quantitative estimate of drug-likeness (QED) is 0.422. The number of benzene rings is 2. The van der Waals surface area contributed by atoms with Crippen molar-refractivity contribution in [2.24, 2.45) is 4.40 Å². The third kappa shape index (κ3) is 7.99. The van der Waals surface area contributed by atoms with Crippen LogP contribution in [0.2, 0.25) is 0 Å². The first-order valence-corrected chi connectivity index (χ1v) is 12.4. The molecule has 35 heavy (non-hydrogen) atoms. The second kappa shape index (κ2) is 12.2. The predicted molar refractivity (Wildman–Crippen MR) is 131 cm³/mol. The van der Waals surface area contributed by atoms with E-state index >= 15 is 0 Å². The first kappa shape index (κ1) is 27.6. The van der Waals surface area contributed by atoms with Gasteiger partial charge in [0.05, 0.1) is 36.0 Å². The highest BCUT2D eigenvalue weighted by atomic mass is 32.2. The maximum absolute atomic E-state index is 13.2. The van der Waals surface area contributed by atoms with Crippen LogP contribution in [0.3, 0.4) is 0 Å². The smallest absolute Gasteiger partial charge is 0.429 e. The van der Waals surface area contributed by atoms with Crippen molar-refractivity contribution in [2.45, 2.75) is 57.8 Å². The van der Waals surface area contributed by atoms with Crippen LogP contribution in [0.15, 0.2) is 63.9 Å². The number of hydrogen-bond donors (Lipinski definition) is 1. The monoisotopic (exact) mass is 505 g/mol. The van der Waals surface area contributed by atoms with E-state index < -0.39 is 40.5 Å². The second-order valence-corrected chi connectivity index (χ2v) is 9.64. The second-order valence-electron chi connectivity index (χ2n) is 8.04. The number of amides is 2. The van der Waals surface area contributed by atoms with E-state index in [0.29, 0.717) is 11.3 Å². The standard InChI is InChI=1S/C24H31N3O7S/c1-16(2)33-23(28)25-27(24(29)34-17(3)4)18(5)22(19-10-8-7-9-11-19)26-35(30,31)21-14-12-20(32-6)13-15-21/h7-18H,1-6H3,(H,25,28)/b26-22+/t18-/m1/s1. The van der Waals surface area contributed by atoms with Crippen molar-refractivity contribution in [3.63, 3.8) is 0 Å². The Hall–Kier alpha value is -3.60. The molecule has 1 atom stereocenters. The third-order valence-electron chi connectivity index (χ3n) is 4.52. The zero-order valence-corrected chi connectivity index (χ0v) is 21.4. The molecule has 0 unspecified atom stereocenters. The Kier molecular flexibility index (Phi) is 9.64. The summed E-state index contributed by atoms with van der Waals surface area (Å²) in [7, 11) is -2.73. The number of sulfonamides is 1. The molecule has 0 saturated heterocycles. The Bertz CT molecular complexity index is 1130. The average Bonchev–Trinajstić information content (AvgIpc) is 2.80. The van der Waals surface area contributed by atoms with Gasteiger partial charge in [-0.25, -0.2) is 20.0 Å². The fraction of sp³-hybridized carbons (Fsp3) is 0.375. The SMILES string of the molecule is COc1ccc(S(=O)(=O)/N=C(/c2ccccc2)[C@@H](C)N(NC(=O)OC(C)C)C(=O)OC(C)C)cc1. The molecule has 0 aliphatic rings. The number of hydrazine groups is 1. The number of methoxy groups -OCH3 is 1. The fourth-order valence-corrected chi connectivity index (χ4v) is 4.03. The van der Waals surface area contributed by atoms with Gasteiger partial charge in [0.2, 0.25) is 0 Å². The highest BCUT2D eigenvalue weighted by Gasteiger charge is 2.31. The van der Waals surface area contributed by atoms with E-state index in [4.69, 9.17) is 14.2 Å². The lowest BCUT2D eigenvalue weighted by atomic mass is 10.0. The molecule has 0 spiro atoms. The Morgan fingerprint density at radius 2 is 1.46 bits per heavy atom. The lowest BCUT2D eigenvalue weighted by molar-refractivity contribution is 0.0427. The Balaban J connectivity index is 2.57. The summed E-state index contributed by atoms with van der Waals surface area (Å²) in [6, 6.07) is 13.1. The maximum Gasteiger partial charge on any atom is 0.429 e. The van der Waals surface area contributed by atoms with E-state index in [2.05, 4.69) is 9.82 Å². The van der Waals surface area contributed by atoms with Crippen LogP contribution >= 0.6 is 0 Å². The number of hydrogen-bond acceptors (Lipinski definition) is 7. The van der Waals surface area contributed by atoms with E-state index in [1.54, 1.807) is 58.0 Å².